The van der Waals surface area contributed by atoms with Crippen molar-refractivity contribution in [1.82, 2.24) is 0 Å². The van der Waals surface area contributed by atoms with Crippen molar-refractivity contribution in [2.75, 3.05) is 20.0 Å². The molecule has 0 saturated carbocycles. The molecule has 7 heteroatoms. The highest BCUT2D eigenvalue weighted by molar-refractivity contribution is 8.55. The molecule has 0 aromatic heterocycles. The minimum Gasteiger partial charge on any atom is -0.369 e. The summed E-state index contributed by atoms with van der Waals surface area (Å²) in [6, 6.07) is 0. The molecule has 66 valence electrons. The van der Waals surface area contributed by atoms with Crippen LogP contribution in [-0.2, 0) is 18.4 Å². The van der Waals surface area contributed by atoms with Crippen molar-refractivity contribution in [3.05, 3.63) is 0 Å². The summed E-state index contributed by atoms with van der Waals surface area (Å²) >= 11 is 0.769. The second-order valence-corrected chi connectivity index (χ2v) is 5.84. The van der Waals surface area contributed by atoms with E-state index in [1.54, 1.807) is 0 Å². The van der Waals surface area contributed by atoms with Crippen LogP contribution in [0.1, 0.15) is 0 Å². The van der Waals surface area contributed by atoms with E-state index in [9.17, 15) is 9.36 Å². The highest BCUT2D eigenvalue weighted by atomic mass is 32.7. The molecule has 0 spiro atoms. The minimum absolute atomic E-state index is 0.0705. The smallest absolute Gasteiger partial charge is 0.369 e. The molecule has 0 atom stereocenters. The average molecular weight is 199 g/mol. The summed E-state index contributed by atoms with van der Waals surface area (Å²) in [4.78, 5) is 10.2. The summed E-state index contributed by atoms with van der Waals surface area (Å²) in [6.45, 7) is -3.12. The number of nitrogens with two attached hydrogens (primary N) is 1. The van der Waals surface area contributed by atoms with Crippen LogP contribution in [0.3, 0.4) is 0 Å². The molecule has 0 aromatic rings. The Balaban J connectivity index is 3.89. The molecule has 0 aliphatic heterocycles. The normalized spacial score (nSPS) is 11.5. The van der Waals surface area contributed by atoms with Gasteiger partial charge in [-0.2, -0.15) is 0 Å². The lowest BCUT2D eigenvalue weighted by atomic mass is 10.8. The summed E-state index contributed by atoms with van der Waals surface area (Å²) in [6.07, 6.45) is 0. The fraction of sp³-hybridized carbons (Fsp3) is 0.750. The van der Waals surface area contributed by atoms with Gasteiger partial charge in [0, 0.05) is 14.2 Å². The van der Waals surface area contributed by atoms with Crippen LogP contribution in [0.15, 0.2) is 0 Å². The van der Waals surface area contributed by atoms with E-state index in [4.69, 9.17) is 5.73 Å². The first-order valence-corrected chi connectivity index (χ1v) is 5.82. The van der Waals surface area contributed by atoms with Crippen molar-refractivity contribution in [2.45, 2.75) is 0 Å². The maximum atomic E-state index is 11.2. The molecule has 11 heavy (non-hydrogen) atoms. The lowest BCUT2D eigenvalue weighted by Crippen LogP contribution is -2.13. The monoisotopic (exact) mass is 199 g/mol. The second-order valence-electron chi connectivity index (χ2n) is 1.55. The first-order chi connectivity index (χ1) is 5.04. The van der Waals surface area contributed by atoms with Crippen LogP contribution in [0.5, 0.6) is 0 Å². The summed E-state index contributed by atoms with van der Waals surface area (Å²) in [5, 5.41) is 0. The van der Waals surface area contributed by atoms with Crippen molar-refractivity contribution >= 4 is 24.1 Å². The van der Waals surface area contributed by atoms with Crippen molar-refractivity contribution < 1.29 is 18.4 Å². The zero-order valence-corrected chi connectivity index (χ0v) is 7.98. The third-order valence-electron chi connectivity index (χ3n) is 0.812. The molecule has 2 N–H and O–H groups in total. The van der Waals surface area contributed by atoms with Crippen LogP contribution < -0.4 is 5.73 Å². The van der Waals surface area contributed by atoms with Gasteiger partial charge in [-0.1, -0.05) is 0 Å². The zero-order chi connectivity index (χ0) is 8.91. The SMILES string of the molecule is COP(=O)(OC)SCC(N)=O. The molecule has 1 amide bonds. The Kier molecular flexibility index (Phi) is 4.76. The molecule has 5 nitrogen and oxygen atoms in total. The molecule has 0 aliphatic rings. The van der Waals surface area contributed by atoms with Gasteiger partial charge >= 0.3 is 6.80 Å². The van der Waals surface area contributed by atoms with Crippen molar-refractivity contribution in [1.29, 1.82) is 0 Å². The van der Waals surface area contributed by atoms with Crippen molar-refractivity contribution in [3.8, 4) is 0 Å². The van der Waals surface area contributed by atoms with Crippen LogP contribution in [0.25, 0.3) is 0 Å². The maximum absolute atomic E-state index is 11.2. The van der Waals surface area contributed by atoms with Gasteiger partial charge in [-0.25, -0.2) is 4.57 Å². The molecule has 0 unspecified atom stereocenters. The molecular weight excluding hydrogens is 189 g/mol. The van der Waals surface area contributed by atoms with E-state index in [1.807, 2.05) is 0 Å². The molecule has 0 bridgehead atoms. The topological polar surface area (TPSA) is 78.6 Å². The predicted molar refractivity (Wildman–Crippen MR) is 43.3 cm³/mol. The van der Waals surface area contributed by atoms with Gasteiger partial charge in [0.05, 0.1) is 5.75 Å². The minimum atomic E-state index is -3.12. The fourth-order valence-electron chi connectivity index (χ4n) is 0.323. The number of rotatable bonds is 5. The standard InChI is InChI=1S/C4H10NO4PS/c1-8-10(7,9-2)11-3-4(5)6/h3H2,1-2H3,(H2,5,6). The van der Waals surface area contributed by atoms with Gasteiger partial charge in [0.2, 0.25) is 5.91 Å². The Hall–Kier alpha value is -0.0300. The number of primary amides is 1. The zero-order valence-electron chi connectivity index (χ0n) is 6.27. The Labute approximate surface area is 68.9 Å². The second kappa shape index (κ2) is 4.77. The van der Waals surface area contributed by atoms with E-state index in [2.05, 4.69) is 9.05 Å². The van der Waals surface area contributed by atoms with Crippen LogP contribution >= 0.6 is 18.2 Å². The Morgan fingerprint density at radius 3 is 2.27 bits per heavy atom. The number of hydrogen-bond acceptors (Lipinski definition) is 5. The Bertz CT molecular complexity index is 177. The summed E-state index contributed by atoms with van der Waals surface area (Å²) < 4.78 is 20.2. The van der Waals surface area contributed by atoms with Crippen molar-refractivity contribution in [2.24, 2.45) is 5.73 Å². The van der Waals surface area contributed by atoms with Gasteiger partial charge in [0.15, 0.2) is 0 Å². The maximum Gasteiger partial charge on any atom is 0.389 e. The van der Waals surface area contributed by atoms with Crippen LogP contribution in [0.2, 0.25) is 0 Å². The lowest BCUT2D eigenvalue weighted by molar-refractivity contribution is -0.115. The lowest BCUT2D eigenvalue weighted by Gasteiger charge is -2.10. The molecule has 0 aromatic carbocycles. The van der Waals surface area contributed by atoms with E-state index >= 15 is 0 Å². The average Bonchev–Trinajstić information content (AvgIpc) is 2.00. The van der Waals surface area contributed by atoms with Gasteiger partial charge in [0.25, 0.3) is 0 Å². The van der Waals surface area contributed by atoms with Gasteiger partial charge in [-0.05, 0) is 11.4 Å². The first-order valence-electron chi connectivity index (χ1n) is 2.68. The highest BCUT2D eigenvalue weighted by Gasteiger charge is 2.22. The summed E-state index contributed by atoms with van der Waals surface area (Å²) in [7, 11) is 2.50. The summed E-state index contributed by atoms with van der Waals surface area (Å²) in [5.74, 6) is -0.622. The highest BCUT2D eigenvalue weighted by Crippen LogP contribution is 2.58. The molecule has 0 saturated heterocycles. The van der Waals surface area contributed by atoms with E-state index in [-0.39, 0.29) is 5.75 Å². The summed E-state index contributed by atoms with van der Waals surface area (Å²) in [5.41, 5.74) is 4.82. The third kappa shape index (κ3) is 4.42. The van der Waals surface area contributed by atoms with Crippen LogP contribution in [-0.4, -0.2) is 25.9 Å². The van der Waals surface area contributed by atoms with Crippen molar-refractivity contribution in [3.63, 3.8) is 0 Å². The number of carbonyl (C=O) groups is 1. The molecule has 0 rings (SSSR count). The largest absolute Gasteiger partial charge is 0.389 e. The molecule has 0 aliphatic carbocycles. The van der Waals surface area contributed by atoms with Crippen LogP contribution in [0.4, 0.5) is 0 Å². The third-order valence-corrected chi connectivity index (χ3v) is 4.67. The van der Waals surface area contributed by atoms with Crippen LogP contribution in [0, 0.1) is 0 Å². The van der Waals surface area contributed by atoms with Gasteiger partial charge in [-0.3, -0.25) is 4.79 Å². The van der Waals surface area contributed by atoms with Gasteiger partial charge in [0.1, 0.15) is 0 Å². The molecule has 0 heterocycles. The molecule has 0 radical (unpaired) electrons. The van der Waals surface area contributed by atoms with E-state index in [0.717, 1.165) is 11.4 Å². The predicted octanol–water partition coefficient (Wildman–Crippen LogP) is 0.606. The number of hydrogen-bond donors (Lipinski definition) is 1. The van der Waals surface area contributed by atoms with E-state index < -0.39 is 12.7 Å². The number of amides is 1. The van der Waals surface area contributed by atoms with E-state index in [0.29, 0.717) is 0 Å². The fourth-order valence-corrected chi connectivity index (χ4v) is 2.46. The van der Waals surface area contributed by atoms with Gasteiger partial charge in [-0.15, -0.1) is 0 Å². The quantitative estimate of drug-likeness (QED) is 0.656. The Morgan fingerprint density at radius 2 is 2.00 bits per heavy atom. The number of carbonyl (C=O) groups excluding carboxylic acids is 1. The Morgan fingerprint density at radius 1 is 1.55 bits per heavy atom. The van der Waals surface area contributed by atoms with Gasteiger partial charge < -0.3 is 14.8 Å². The molecular formula is C4H10NO4PS. The van der Waals surface area contributed by atoms with E-state index in [1.165, 1.54) is 14.2 Å². The first kappa shape index (κ1) is 11.0. The molecule has 0 fully saturated rings.